The van der Waals surface area contributed by atoms with E-state index in [-0.39, 0.29) is 26.7 Å². The molecule has 23 heavy (non-hydrogen) atoms. The van der Waals surface area contributed by atoms with Crippen molar-refractivity contribution in [1.82, 2.24) is 5.01 Å². The van der Waals surface area contributed by atoms with Crippen LogP contribution >= 0.6 is 27.7 Å². The number of amidine groups is 2. The maximum atomic E-state index is 12.1. The number of thioether (sulfide) groups is 1. The Morgan fingerprint density at radius 2 is 2.22 bits per heavy atom. The van der Waals surface area contributed by atoms with Gasteiger partial charge in [0.1, 0.15) is 5.76 Å². The first kappa shape index (κ1) is 16.1. The number of hydrogen-bond donors (Lipinski definition) is 1. The summed E-state index contributed by atoms with van der Waals surface area (Å²) in [4.78, 5) is 15.9. The number of halogens is 1. The number of sulfone groups is 1. The molecular formula is C12H9BrN4O4S2. The fourth-order valence-electron chi connectivity index (χ4n) is 1.77. The van der Waals surface area contributed by atoms with Gasteiger partial charge in [-0.3, -0.25) is 10.2 Å². The van der Waals surface area contributed by atoms with Gasteiger partial charge in [0.05, 0.1) is 11.3 Å². The van der Waals surface area contributed by atoms with E-state index in [9.17, 15) is 13.2 Å². The number of fused-ring (bicyclic) bond motifs is 1. The number of hydrazone groups is 1. The summed E-state index contributed by atoms with van der Waals surface area (Å²) in [6, 6.07) is 3.26. The van der Waals surface area contributed by atoms with Gasteiger partial charge in [-0.25, -0.2) is 8.42 Å². The van der Waals surface area contributed by atoms with Gasteiger partial charge >= 0.3 is 0 Å². The molecule has 2 aliphatic rings. The quantitative estimate of drug-likeness (QED) is 0.737. The van der Waals surface area contributed by atoms with Crippen molar-refractivity contribution in [2.75, 3.05) is 5.75 Å². The molecule has 3 rings (SSSR count). The molecule has 120 valence electrons. The number of carbonyl (C=O) groups is 1. The van der Waals surface area contributed by atoms with E-state index in [0.29, 0.717) is 10.4 Å². The second kappa shape index (κ2) is 5.73. The molecule has 8 nitrogen and oxygen atoms in total. The summed E-state index contributed by atoms with van der Waals surface area (Å²) in [5.41, 5.74) is -0.0323. The van der Waals surface area contributed by atoms with Gasteiger partial charge in [0.25, 0.3) is 5.91 Å². The SMILES string of the molecule is CCS(=O)(=O)C1=NN2C(=N)/C(=C/c3ccc(Br)o3)C(=O)N=C2S1. The lowest BCUT2D eigenvalue weighted by Gasteiger charge is -2.19. The van der Waals surface area contributed by atoms with Crippen molar-refractivity contribution in [3.8, 4) is 0 Å². The van der Waals surface area contributed by atoms with Crippen LogP contribution in [0.25, 0.3) is 6.08 Å². The smallest absolute Gasteiger partial charge is 0.283 e. The Balaban J connectivity index is 2.00. The lowest BCUT2D eigenvalue weighted by atomic mass is 10.1. The molecule has 0 saturated heterocycles. The standard InChI is InChI=1S/C12H9BrN4O4S2/c1-2-23(19,20)12-16-17-9(14)7(10(18)15-11(17)22-12)5-6-3-4-8(13)21-6/h3-5,14H,2H2,1H3/b7-5-,14-9?. The highest BCUT2D eigenvalue weighted by molar-refractivity contribution is 9.10. The van der Waals surface area contributed by atoms with E-state index in [2.05, 4.69) is 26.0 Å². The second-order valence-corrected chi connectivity index (χ2v) is 8.62. The first-order valence-corrected chi connectivity index (χ1v) is 9.56. The minimum absolute atomic E-state index is 0.0323. The van der Waals surface area contributed by atoms with Gasteiger partial charge in [-0.05, 0) is 45.9 Å². The molecule has 1 N–H and O–H groups in total. The highest BCUT2D eigenvalue weighted by Gasteiger charge is 2.39. The van der Waals surface area contributed by atoms with E-state index in [1.165, 1.54) is 13.0 Å². The van der Waals surface area contributed by atoms with E-state index in [0.717, 1.165) is 16.8 Å². The molecule has 2 aliphatic heterocycles. The average molecular weight is 417 g/mol. The monoisotopic (exact) mass is 416 g/mol. The maximum absolute atomic E-state index is 12.1. The molecule has 1 amide bonds. The zero-order valence-electron chi connectivity index (χ0n) is 11.6. The van der Waals surface area contributed by atoms with E-state index < -0.39 is 15.7 Å². The minimum Gasteiger partial charge on any atom is -0.450 e. The molecule has 0 spiro atoms. The Bertz CT molecular complexity index is 913. The molecule has 3 heterocycles. The average Bonchev–Trinajstić information content (AvgIpc) is 3.10. The van der Waals surface area contributed by atoms with E-state index >= 15 is 0 Å². The van der Waals surface area contributed by atoms with Gasteiger partial charge < -0.3 is 4.42 Å². The van der Waals surface area contributed by atoms with Crippen LogP contribution in [0, 0.1) is 5.41 Å². The summed E-state index contributed by atoms with van der Waals surface area (Å²) in [5, 5.41) is 13.1. The Kier molecular flexibility index (Phi) is 4.02. The van der Waals surface area contributed by atoms with Crippen LogP contribution < -0.4 is 0 Å². The molecule has 1 aromatic rings. The van der Waals surface area contributed by atoms with E-state index in [1.54, 1.807) is 12.1 Å². The van der Waals surface area contributed by atoms with E-state index in [4.69, 9.17) is 9.83 Å². The molecule has 0 radical (unpaired) electrons. The highest BCUT2D eigenvalue weighted by atomic mass is 79.9. The van der Waals surface area contributed by atoms with Gasteiger partial charge in [-0.15, -0.1) is 5.10 Å². The van der Waals surface area contributed by atoms with E-state index in [1.807, 2.05) is 0 Å². The zero-order valence-corrected chi connectivity index (χ0v) is 14.8. The molecule has 0 fully saturated rings. The fraction of sp³-hybridized carbons (Fsp3) is 0.167. The van der Waals surface area contributed by atoms with Gasteiger partial charge in [-0.2, -0.15) is 10.0 Å². The van der Waals surface area contributed by atoms with Crippen molar-refractivity contribution < 1.29 is 17.6 Å². The third-order valence-corrected chi connectivity index (χ3v) is 6.48. The van der Waals surface area contributed by atoms with Gasteiger partial charge in [0.2, 0.25) is 19.4 Å². The highest BCUT2D eigenvalue weighted by Crippen LogP contribution is 2.30. The largest absolute Gasteiger partial charge is 0.450 e. The lowest BCUT2D eigenvalue weighted by Crippen LogP contribution is -2.35. The molecule has 0 unspecified atom stereocenters. The number of rotatable bonds is 2. The van der Waals surface area contributed by atoms with Crippen LogP contribution in [-0.2, 0) is 14.6 Å². The number of hydrogen-bond acceptors (Lipinski definition) is 7. The van der Waals surface area contributed by atoms with Crippen LogP contribution in [0.4, 0.5) is 0 Å². The van der Waals surface area contributed by atoms with Crippen molar-refractivity contribution in [1.29, 1.82) is 5.41 Å². The van der Waals surface area contributed by atoms with Crippen molar-refractivity contribution in [3.63, 3.8) is 0 Å². The molecule has 1 aromatic heterocycles. The van der Waals surface area contributed by atoms with Crippen LogP contribution in [0.1, 0.15) is 12.7 Å². The van der Waals surface area contributed by atoms with Crippen LogP contribution in [0.15, 0.2) is 36.9 Å². The Morgan fingerprint density at radius 3 is 2.83 bits per heavy atom. The molecular weight excluding hydrogens is 408 g/mol. The third kappa shape index (κ3) is 2.91. The van der Waals surface area contributed by atoms with Crippen LogP contribution in [0.5, 0.6) is 0 Å². The normalized spacial score (nSPS) is 19.9. The number of aliphatic imine (C=N–C) groups is 1. The van der Waals surface area contributed by atoms with Crippen molar-refractivity contribution in [2.45, 2.75) is 6.92 Å². The summed E-state index contributed by atoms with van der Waals surface area (Å²) in [6.07, 6.45) is 1.36. The summed E-state index contributed by atoms with van der Waals surface area (Å²) >= 11 is 3.91. The Labute approximate surface area is 143 Å². The predicted molar refractivity (Wildman–Crippen MR) is 90.9 cm³/mol. The molecule has 0 atom stereocenters. The number of amides is 1. The predicted octanol–water partition coefficient (Wildman–Crippen LogP) is 2.05. The Morgan fingerprint density at radius 1 is 1.48 bits per heavy atom. The first-order valence-electron chi connectivity index (χ1n) is 6.30. The van der Waals surface area contributed by atoms with Crippen LogP contribution in [-0.4, -0.2) is 40.5 Å². The van der Waals surface area contributed by atoms with Gasteiger partial charge in [0, 0.05) is 0 Å². The molecule has 0 aliphatic carbocycles. The Hall–Kier alpha value is -1.72. The summed E-state index contributed by atoms with van der Waals surface area (Å²) in [5.74, 6) is -0.654. The number of furan rings is 1. The molecule has 0 aromatic carbocycles. The molecule has 0 bridgehead atoms. The minimum atomic E-state index is -3.53. The number of carbonyl (C=O) groups excluding carboxylic acids is 1. The van der Waals surface area contributed by atoms with Crippen LogP contribution in [0.2, 0.25) is 0 Å². The lowest BCUT2D eigenvalue weighted by molar-refractivity contribution is -0.114. The van der Waals surface area contributed by atoms with Gasteiger partial charge in [-0.1, -0.05) is 6.92 Å². The number of nitrogens with zero attached hydrogens (tertiary/aromatic N) is 3. The zero-order chi connectivity index (χ0) is 16.8. The van der Waals surface area contributed by atoms with Crippen molar-refractivity contribution in [2.24, 2.45) is 10.1 Å². The van der Waals surface area contributed by atoms with Crippen molar-refractivity contribution >= 4 is 64.9 Å². The first-order chi connectivity index (χ1) is 10.8. The summed E-state index contributed by atoms with van der Waals surface area (Å²) in [6.45, 7) is 1.49. The molecule has 0 saturated carbocycles. The third-order valence-electron chi connectivity index (χ3n) is 2.96. The summed E-state index contributed by atoms with van der Waals surface area (Å²) < 4.78 is 29.4. The topological polar surface area (TPSA) is 116 Å². The fourth-order valence-corrected chi connectivity index (χ4v) is 4.25. The maximum Gasteiger partial charge on any atom is 0.283 e. The van der Waals surface area contributed by atoms with Crippen molar-refractivity contribution in [3.05, 3.63) is 28.1 Å². The van der Waals surface area contributed by atoms with Crippen LogP contribution in [0.3, 0.4) is 0 Å². The summed E-state index contributed by atoms with van der Waals surface area (Å²) in [7, 11) is -3.53. The van der Waals surface area contributed by atoms with Gasteiger partial charge in [0.15, 0.2) is 10.5 Å². The second-order valence-electron chi connectivity index (χ2n) is 4.43. The molecule has 11 heteroatoms. The number of nitrogens with one attached hydrogen (secondary N) is 1.